The van der Waals surface area contributed by atoms with Crippen molar-refractivity contribution < 1.29 is 26.6 Å². The van der Waals surface area contributed by atoms with E-state index in [0.29, 0.717) is 31.0 Å². The monoisotopic (exact) mass is 468 g/mol. The maximum atomic E-state index is 13.9. The van der Waals surface area contributed by atoms with Crippen LogP contribution >= 0.6 is 0 Å². The molecule has 1 atom stereocenters. The minimum absolute atomic E-state index is 0.139. The zero-order valence-corrected chi connectivity index (χ0v) is 17.1. The largest absolute Gasteiger partial charge is 0.434 e. The summed E-state index contributed by atoms with van der Waals surface area (Å²) in [5.74, 6) is -1.07. The van der Waals surface area contributed by atoms with Crippen molar-refractivity contribution in [2.45, 2.75) is 30.5 Å². The predicted octanol–water partition coefficient (Wildman–Crippen LogP) is 4.05. The molecule has 2 aromatic heterocycles. The fourth-order valence-electron chi connectivity index (χ4n) is 3.57. The number of carbonyl (C=O) groups excluding carboxylic acids is 1. The summed E-state index contributed by atoms with van der Waals surface area (Å²) in [5.41, 5.74) is -0.825. The summed E-state index contributed by atoms with van der Waals surface area (Å²) in [5, 5.41) is 12.5. The van der Waals surface area contributed by atoms with Gasteiger partial charge >= 0.3 is 12.2 Å². The van der Waals surface area contributed by atoms with Gasteiger partial charge in [-0.05, 0) is 30.4 Å². The molecule has 0 bridgehead atoms. The Morgan fingerprint density at radius 3 is 2.56 bits per heavy atom. The highest BCUT2D eigenvalue weighted by atomic mass is 32.2. The quantitative estimate of drug-likeness (QED) is 0.501. The molecule has 32 heavy (non-hydrogen) atoms. The van der Waals surface area contributed by atoms with E-state index in [9.17, 15) is 26.6 Å². The number of nitrogens with two attached hydrogens (primary N) is 1. The Hall–Kier alpha value is -3.32. The van der Waals surface area contributed by atoms with Crippen LogP contribution in [0.2, 0.25) is 0 Å². The maximum absolute atomic E-state index is 13.9. The Morgan fingerprint density at radius 1 is 1.22 bits per heavy atom. The highest BCUT2D eigenvalue weighted by Crippen LogP contribution is 2.44. The van der Waals surface area contributed by atoms with Crippen molar-refractivity contribution in [1.29, 1.82) is 0 Å². The number of amides is 2. The average Bonchev–Trinajstić information content (AvgIpc) is 3.36. The van der Waals surface area contributed by atoms with Crippen molar-refractivity contribution in [2.75, 3.05) is 5.32 Å². The van der Waals surface area contributed by atoms with E-state index in [0.717, 1.165) is 0 Å². The molecule has 0 radical (unpaired) electrons. The van der Waals surface area contributed by atoms with Gasteiger partial charge in [0, 0.05) is 11.3 Å². The number of hydrogen-bond donors (Lipinski definition) is 3. The van der Waals surface area contributed by atoms with Gasteiger partial charge in [-0.3, -0.25) is 5.10 Å². The molecular weight excluding hydrogens is 452 g/mol. The molecule has 0 saturated heterocycles. The van der Waals surface area contributed by atoms with Crippen LogP contribution in [0.1, 0.15) is 23.4 Å². The summed E-state index contributed by atoms with van der Waals surface area (Å²) >= 11 is 0. The number of urea groups is 1. The van der Waals surface area contributed by atoms with E-state index in [4.69, 9.17) is 5.14 Å². The van der Waals surface area contributed by atoms with Crippen LogP contribution in [0.3, 0.4) is 0 Å². The Labute approximate surface area is 179 Å². The lowest BCUT2D eigenvalue weighted by Gasteiger charge is -2.20. The molecule has 13 heteroatoms. The van der Waals surface area contributed by atoms with Crippen molar-refractivity contribution in [1.82, 2.24) is 15.2 Å². The molecule has 0 aliphatic heterocycles. The fraction of sp³-hybridized carbons (Fsp3) is 0.211. The van der Waals surface area contributed by atoms with Gasteiger partial charge in [-0.15, -0.1) is 4.36 Å². The molecule has 1 unspecified atom stereocenters. The van der Waals surface area contributed by atoms with Crippen LogP contribution in [0.4, 0.5) is 28.0 Å². The number of aromatic nitrogens is 3. The van der Waals surface area contributed by atoms with E-state index < -0.39 is 38.7 Å². The number of alkyl halides is 3. The first-order valence-corrected chi connectivity index (χ1v) is 10.9. The van der Waals surface area contributed by atoms with Crippen molar-refractivity contribution in [3.05, 3.63) is 59.3 Å². The number of carbonyl (C=O) groups is 1. The molecule has 0 spiro atoms. The van der Waals surface area contributed by atoms with E-state index in [1.807, 2.05) is 0 Å². The standard InChI is InChI=1S/C19H16F4N6O2S/c20-12-9-25-28-17(12)32(24,31)29-18(30)27-15-11-7-4-8-13(11)26-16(19(21,22)23)14(15)10-5-2-1-3-6-10/h1-3,5-6,9H,4,7-8H2,(H,25,28)(H3,24,26,27,29,30,31). The van der Waals surface area contributed by atoms with Gasteiger partial charge in [0.1, 0.15) is 0 Å². The number of nitrogens with zero attached hydrogens (tertiary/aromatic N) is 3. The van der Waals surface area contributed by atoms with Crippen LogP contribution in [0.5, 0.6) is 0 Å². The lowest BCUT2D eigenvalue weighted by Crippen LogP contribution is -2.21. The van der Waals surface area contributed by atoms with Crippen molar-refractivity contribution in [3.8, 4) is 11.1 Å². The number of benzene rings is 1. The second-order valence-electron chi connectivity index (χ2n) is 6.99. The third-order valence-corrected chi connectivity index (χ3v) is 6.17. The SMILES string of the molecule is NS(=O)(=NC(=O)Nc1c2c(nc(C(F)(F)F)c1-c1ccccc1)CCC2)c1[nH]ncc1F. The molecule has 168 valence electrons. The maximum Gasteiger partial charge on any atom is 0.434 e. The topological polar surface area (TPSA) is 126 Å². The Bertz CT molecular complexity index is 1310. The van der Waals surface area contributed by atoms with Crippen LogP contribution < -0.4 is 10.5 Å². The highest BCUT2D eigenvalue weighted by molar-refractivity contribution is 7.91. The molecule has 3 aromatic rings. The molecule has 1 aromatic carbocycles. The summed E-state index contributed by atoms with van der Waals surface area (Å²) in [7, 11) is -4.06. The smallest absolute Gasteiger partial charge is 0.304 e. The van der Waals surface area contributed by atoms with E-state index in [-0.39, 0.29) is 22.5 Å². The molecular formula is C19H16F4N6O2S. The number of rotatable bonds is 3. The van der Waals surface area contributed by atoms with Crippen molar-refractivity contribution in [2.24, 2.45) is 9.50 Å². The number of hydrogen-bond acceptors (Lipinski definition) is 4. The number of aryl methyl sites for hydroxylation is 1. The van der Waals surface area contributed by atoms with Gasteiger partial charge < -0.3 is 5.32 Å². The predicted molar refractivity (Wildman–Crippen MR) is 107 cm³/mol. The molecule has 1 aliphatic carbocycles. The zero-order chi connectivity index (χ0) is 23.1. The number of fused-ring (bicyclic) bond motifs is 1. The Balaban J connectivity index is 1.88. The van der Waals surface area contributed by atoms with E-state index >= 15 is 0 Å². The van der Waals surface area contributed by atoms with Gasteiger partial charge in [-0.1, -0.05) is 30.3 Å². The van der Waals surface area contributed by atoms with E-state index in [1.54, 1.807) is 18.2 Å². The van der Waals surface area contributed by atoms with E-state index in [1.165, 1.54) is 12.1 Å². The second kappa shape index (κ2) is 7.98. The van der Waals surface area contributed by atoms with Crippen LogP contribution in [0, 0.1) is 5.82 Å². The van der Waals surface area contributed by atoms with Gasteiger partial charge in [-0.25, -0.2) is 23.5 Å². The molecule has 1 aliphatic rings. The molecule has 4 rings (SSSR count). The van der Waals surface area contributed by atoms with Crippen molar-refractivity contribution >= 4 is 21.6 Å². The molecule has 0 saturated carbocycles. The van der Waals surface area contributed by atoms with Gasteiger partial charge in [0.05, 0.1) is 11.9 Å². The fourth-order valence-corrected chi connectivity index (χ4v) is 4.47. The van der Waals surface area contributed by atoms with Crippen LogP contribution in [0.25, 0.3) is 11.1 Å². The molecule has 2 heterocycles. The minimum atomic E-state index is -4.81. The van der Waals surface area contributed by atoms with Crippen molar-refractivity contribution in [3.63, 3.8) is 0 Å². The summed E-state index contributed by atoms with van der Waals surface area (Å²) in [6.45, 7) is 0. The summed E-state index contributed by atoms with van der Waals surface area (Å²) < 4.78 is 71.2. The van der Waals surface area contributed by atoms with Crippen LogP contribution in [-0.4, -0.2) is 25.4 Å². The summed E-state index contributed by atoms with van der Waals surface area (Å²) in [6.07, 6.45) is -2.87. The van der Waals surface area contributed by atoms with Gasteiger partial charge in [0.2, 0.25) is 0 Å². The Kier molecular flexibility index (Phi) is 5.46. The summed E-state index contributed by atoms with van der Waals surface area (Å²) in [6, 6.07) is 6.34. The number of aromatic amines is 1. The number of anilines is 1. The first-order valence-electron chi connectivity index (χ1n) is 9.31. The number of H-pyrrole nitrogens is 1. The van der Waals surface area contributed by atoms with Gasteiger partial charge in [0.15, 0.2) is 26.5 Å². The first kappa shape index (κ1) is 21.9. The highest BCUT2D eigenvalue weighted by Gasteiger charge is 2.39. The molecule has 0 fully saturated rings. The normalized spacial score (nSPS) is 15.2. The molecule has 8 nitrogen and oxygen atoms in total. The minimum Gasteiger partial charge on any atom is -0.304 e. The Morgan fingerprint density at radius 2 is 1.94 bits per heavy atom. The molecule has 4 N–H and O–H groups in total. The zero-order valence-electron chi connectivity index (χ0n) is 16.2. The number of nitrogens with one attached hydrogen (secondary N) is 2. The first-order chi connectivity index (χ1) is 15.1. The second-order valence-corrected chi connectivity index (χ2v) is 8.72. The summed E-state index contributed by atoms with van der Waals surface area (Å²) in [4.78, 5) is 16.4. The third-order valence-electron chi connectivity index (χ3n) is 4.86. The number of halogens is 4. The van der Waals surface area contributed by atoms with Gasteiger partial charge in [-0.2, -0.15) is 18.3 Å². The lowest BCUT2D eigenvalue weighted by molar-refractivity contribution is -0.140. The molecule has 2 amide bonds. The van der Waals surface area contributed by atoms with Gasteiger partial charge in [0.25, 0.3) is 0 Å². The average molecular weight is 468 g/mol. The lowest BCUT2D eigenvalue weighted by atomic mass is 9.97. The third kappa shape index (κ3) is 4.08. The number of pyridine rings is 1. The van der Waals surface area contributed by atoms with Crippen LogP contribution in [0.15, 0.2) is 45.9 Å². The van der Waals surface area contributed by atoms with Crippen LogP contribution in [-0.2, 0) is 28.9 Å². The van der Waals surface area contributed by atoms with E-state index in [2.05, 4.69) is 24.9 Å².